The molecule has 0 radical (unpaired) electrons. The first-order valence-corrected chi connectivity index (χ1v) is 9.62. The standard InChI is InChI=1S/C18H30N4O/c1-2-6-17-19-20-18(22(17)10-3-1)16-5-4-9-21(14-16)13-15-7-11-23-12-8-15/h15-16H,1-14H2. The van der Waals surface area contributed by atoms with Crippen molar-refractivity contribution in [3.8, 4) is 0 Å². The van der Waals surface area contributed by atoms with Crippen molar-refractivity contribution in [2.75, 3.05) is 32.8 Å². The Morgan fingerprint density at radius 2 is 1.87 bits per heavy atom. The van der Waals surface area contributed by atoms with Gasteiger partial charge in [-0.3, -0.25) is 0 Å². The van der Waals surface area contributed by atoms with Crippen molar-refractivity contribution in [1.29, 1.82) is 0 Å². The molecule has 1 atom stereocenters. The molecule has 0 N–H and O–H groups in total. The first kappa shape index (κ1) is 15.6. The molecule has 2 fully saturated rings. The summed E-state index contributed by atoms with van der Waals surface area (Å²) in [5, 5.41) is 9.12. The molecule has 0 spiro atoms. The van der Waals surface area contributed by atoms with E-state index in [2.05, 4.69) is 19.7 Å². The molecule has 23 heavy (non-hydrogen) atoms. The fraction of sp³-hybridized carbons (Fsp3) is 0.889. The fourth-order valence-electron chi connectivity index (χ4n) is 4.54. The summed E-state index contributed by atoms with van der Waals surface area (Å²) in [6, 6.07) is 0. The monoisotopic (exact) mass is 318 g/mol. The molecule has 0 saturated carbocycles. The third kappa shape index (κ3) is 3.61. The molecule has 1 aromatic rings. The topological polar surface area (TPSA) is 43.2 Å². The van der Waals surface area contributed by atoms with E-state index in [1.54, 1.807) is 0 Å². The average Bonchev–Trinajstić information content (AvgIpc) is 2.85. The molecule has 1 aromatic heterocycles. The maximum Gasteiger partial charge on any atom is 0.137 e. The van der Waals surface area contributed by atoms with Crippen LogP contribution >= 0.6 is 0 Å². The molecule has 0 bridgehead atoms. The van der Waals surface area contributed by atoms with Crippen LogP contribution in [-0.4, -0.2) is 52.5 Å². The Labute approximate surface area is 139 Å². The predicted octanol–water partition coefficient (Wildman–Crippen LogP) is 2.61. The minimum Gasteiger partial charge on any atom is -0.381 e. The molecule has 1 unspecified atom stereocenters. The largest absolute Gasteiger partial charge is 0.381 e. The third-order valence-corrected chi connectivity index (χ3v) is 5.87. The highest BCUT2D eigenvalue weighted by molar-refractivity contribution is 5.05. The van der Waals surface area contributed by atoms with Crippen LogP contribution in [0.4, 0.5) is 0 Å². The van der Waals surface area contributed by atoms with Crippen LogP contribution in [0.15, 0.2) is 0 Å². The molecule has 2 saturated heterocycles. The maximum absolute atomic E-state index is 5.50. The number of aromatic nitrogens is 3. The fourth-order valence-corrected chi connectivity index (χ4v) is 4.54. The summed E-state index contributed by atoms with van der Waals surface area (Å²) in [7, 11) is 0. The molecule has 0 amide bonds. The van der Waals surface area contributed by atoms with Gasteiger partial charge in [0.1, 0.15) is 11.6 Å². The van der Waals surface area contributed by atoms with Gasteiger partial charge >= 0.3 is 0 Å². The van der Waals surface area contributed by atoms with E-state index < -0.39 is 0 Å². The van der Waals surface area contributed by atoms with Crippen LogP contribution in [0.5, 0.6) is 0 Å². The number of hydrogen-bond donors (Lipinski definition) is 0. The number of nitrogens with zero attached hydrogens (tertiary/aromatic N) is 4. The number of likely N-dealkylation sites (tertiary alicyclic amines) is 1. The van der Waals surface area contributed by atoms with Crippen molar-refractivity contribution in [3.63, 3.8) is 0 Å². The van der Waals surface area contributed by atoms with Crippen LogP contribution in [0.3, 0.4) is 0 Å². The van der Waals surface area contributed by atoms with Gasteiger partial charge in [-0.1, -0.05) is 6.42 Å². The maximum atomic E-state index is 5.50. The second-order valence-corrected chi connectivity index (χ2v) is 7.59. The Hall–Kier alpha value is -0.940. The number of piperidine rings is 1. The third-order valence-electron chi connectivity index (χ3n) is 5.87. The predicted molar refractivity (Wildman–Crippen MR) is 89.5 cm³/mol. The van der Waals surface area contributed by atoms with E-state index in [-0.39, 0.29) is 0 Å². The Morgan fingerprint density at radius 1 is 0.957 bits per heavy atom. The zero-order chi connectivity index (χ0) is 15.5. The van der Waals surface area contributed by atoms with Gasteiger partial charge < -0.3 is 14.2 Å². The lowest BCUT2D eigenvalue weighted by Gasteiger charge is -2.35. The van der Waals surface area contributed by atoms with Crippen molar-refractivity contribution < 1.29 is 4.74 Å². The first-order valence-electron chi connectivity index (χ1n) is 9.62. The SMILES string of the molecule is C1CCc2nnc(C3CCCN(CC4CCOCC4)C3)n2CC1. The molecule has 3 aliphatic rings. The molecular formula is C18H30N4O. The lowest BCUT2D eigenvalue weighted by Crippen LogP contribution is -2.39. The van der Waals surface area contributed by atoms with E-state index in [4.69, 9.17) is 4.74 Å². The van der Waals surface area contributed by atoms with E-state index in [1.807, 2.05) is 0 Å². The Morgan fingerprint density at radius 3 is 2.78 bits per heavy atom. The molecule has 4 rings (SSSR count). The van der Waals surface area contributed by atoms with Gasteiger partial charge in [-0.2, -0.15) is 0 Å². The van der Waals surface area contributed by atoms with Gasteiger partial charge in [0.05, 0.1) is 0 Å². The van der Waals surface area contributed by atoms with Gasteiger partial charge in [0, 0.05) is 45.2 Å². The first-order chi connectivity index (χ1) is 11.4. The van der Waals surface area contributed by atoms with Crippen molar-refractivity contribution in [3.05, 3.63) is 11.6 Å². The minimum absolute atomic E-state index is 0.586. The Bertz CT molecular complexity index is 509. The van der Waals surface area contributed by atoms with Crippen LogP contribution in [0, 0.1) is 5.92 Å². The van der Waals surface area contributed by atoms with E-state index in [0.717, 1.165) is 32.1 Å². The highest BCUT2D eigenvalue weighted by atomic mass is 16.5. The Balaban J connectivity index is 1.42. The quantitative estimate of drug-likeness (QED) is 0.859. The molecule has 0 aliphatic carbocycles. The number of hydrogen-bond acceptors (Lipinski definition) is 4. The van der Waals surface area contributed by atoms with Crippen LogP contribution in [-0.2, 0) is 17.7 Å². The molecule has 4 heterocycles. The Kier molecular flexibility index (Phi) is 4.95. The number of fused-ring (bicyclic) bond motifs is 1. The number of aryl methyl sites for hydroxylation is 1. The van der Waals surface area contributed by atoms with E-state index in [0.29, 0.717) is 5.92 Å². The van der Waals surface area contributed by atoms with Gasteiger partial charge in [-0.25, -0.2) is 0 Å². The smallest absolute Gasteiger partial charge is 0.137 e. The van der Waals surface area contributed by atoms with Crippen LogP contribution in [0.25, 0.3) is 0 Å². The number of rotatable bonds is 3. The molecule has 5 nitrogen and oxygen atoms in total. The van der Waals surface area contributed by atoms with E-state index in [9.17, 15) is 0 Å². The minimum atomic E-state index is 0.586. The van der Waals surface area contributed by atoms with Crippen molar-refractivity contribution >= 4 is 0 Å². The summed E-state index contributed by atoms with van der Waals surface area (Å²) in [6.45, 7) is 6.73. The normalized spacial score (nSPS) is 27.6. The van der Waals surface area contributed by atoms with Crippen LogP contribution in [0.2, 0.25) is 0 Å². The molecular weight excluding hydrogens is 288 g/mol. The zero-order valence-electron chi connectivity index (χ0n) is 14.3. The van der Waals surface area contributed by atoms with Crippen molar-refractivity contribution in [2.24, 2.45) is 5.92 Å². The van der Waals surface area contributed by atoms with Gasteiger partial charge in [-0.15, -0.1) is 10.2 Å². The van der Waals surface area contributed by atoms with Gasteiger partial charge in [-0.05, 0) is 51.0 Å². The number of ether oxygens (including phenoxy) is 1. The second-order valence-electron chi connectivity index (χ2n) is 7.59. The summed E-state index contributed by atoms with van der Waals surface area (Å²) >= 11 is 0. The van der Waals surface area contributed by atoms with Crippen molar-refractivity contribution in [1.82, 2.24) is 19.7 Å². The summed E-state index contributed by atoms with van der Waals surface area (Å²) in [5.74, 6) is 3.93. The van der Waals surface area contributed by atoms with Gasteiger partial charge in [0.2, 0.25) is 0 Å². The van der Waals surface area contributed by atoms with Gasteiger partial charge in [0.25, 0.3) is 0 Å². The highest BCUT2D eigenvalue weighted by Gasteiger charge is 2.28. The molecule has 128 valence electrons. The van der Waals surface area contributed by atoms with E-state index >= 15 is 0 Å². The molecule has 3 aliphatic heterocycles. The zero-order valence-corrected chi connectivity index (χ0v) is 14.3. The summed E-state index contributed by atoms with van der Waals surface area (Å²) in [6.07, 6.45) is 10.1. The van der Waals surface area contributed by atoms with Crippen molar-refractivity contribution in [2.45, 2.75) is 63.8 Å². The lowest BCUT2D eigenvalue weighted by atomic mass is 9.94. The second kappa shape index (κ2) is 7.31. The van der Waals surface area contributed by atoms with Gasteiger partial charge in [0.15, 0.2) is 0 Å². The average molecular weight is 318 g/mol. The summed E-state index contributed by atoms with van der Waals surface area (Å²) in [5.41, 5.74) is 0. The lowest BCUT2D eigenvalue weighted by molar-refractivity contribution is 0.0479. The highest BCUT2D eigenvalue weighted by Crippen LogP contribution is 2.29. The van der Waals surface area contributed by atoms with Crippen LogP contribution < -0.4 is 0 Å². The summed E-state index contributed by atoms with van der Waals surface area (Å²) < 4.78 is 7.96. The molecule has 5 heteroatoms. The van der Waals surface area contributed by atoms with Crippen LogP contribution in [0.1, 0.15) is 62.5 Å². The summed E-state index contributed by atoms with van der Waals surface area (Å²) in [4.78, 5) is 2.68. The molecule has 0 aromatic carbocycles. The van der Waals surface area contributed by atoms with E-state index in [1.165, 1.54) is 76.2 Å².